The Labute approximate surface area is 86.3 Å². The molecule has 0 aliphatic carbocycles. The molecule has 0 saturated carbocycles. The second kappa shape index (κ2) is 3.50. The van der Waals surface area contributed by atoms with Gasteiger partial charge in [0.1, 0.15) is 5.78 Å². The number of hydrogen-bond acceptors (Lipinski definition) is 2. The quantitative estimate of drug-likeness (QED) is 0.649. The lowest BCUT2D eigenvalue weighted by Crippen LogP contribution is -2.33. The summed E-state index contributed by atoms with van der Waals surface area (Å²) in [6, 6.07) is 0. The van der Waals surface area contributed by atoms with Crippen molar-refractivity contribution in [2.45, 2.75) is 51.7 Å². The summed E-state index contributed by atoms with van der Waals surface area (Å²) in [5.74, 6) is 0.256. The number of ketones is 1. The van der Waals surface area contributed by atoms with Crippen molar-refractivity contribution in [3.63, 3.8) is 0 Å². The molecular formula is C12H20O2. The third-order valence-electron chi connectivity index (χ3n) is 2.81. The van der Waals surface area contributed by atoms with Gasteiger partial charge >= 0.3 is 0 Å². The van der Waals surface area contributed by atoms with E-state index >= 15 is 0 Å². The molecule has 1 unspecified atom stereocenters. The van der Waals surface area contributed by atoms with Gasteiger partial charge in [-0.25, -0.2) is 0 Å². The van der Waals surface area contributed by atoms with E-state index in [2.05, 4.69) is 6.58 Å². The standard InChI is InChI=1S/C12H20O2/c1-6-7-10(13)9-8-11(2,3)14-12(9,4)5/h6,9H,1,7-8H2,2-5H3. The van der Waals surface area contributed by atoms with E-state index in [9.17, 15) is 4.79 Å². The van der Waals surface area contributed by atoms with Gasteiger partial charge in [-0.15, -0.1) is 6.58 Å². The molecule has 1 rings (SSSR count). The fraction of sp³-hybridized carbons (Fsp3) is 0.750. The molecule has 1 aliphatic heterocycles. The van der Waals surface area contributed by atoms with Crippen molar-refractivity contribution in [1.82, 2.24) is 0 Å². The van der Waals surface area contributed by atoms with Crippen LogP contribution in [0.2, 0.25) is 0 Å². The molecule has 2 heteroatoms. The number of hydrogen-bond donors (Lipinski definition) is 0. The Morgan fingerprint density at radius 3 is 2.43 bits per heavy atom. The minimum Gasteiger partial charge on any atom is -0.369 e. The highest BCUT2D eigenvalue weighted by Gasteiger charge is 2.48. The Hall–Kier alpha value is -0.630. The van der Waals surface area contributed by atoms with Crippen LogP contribution in [0.15, 0.2) is 12.7 Å². The van der Waals surface area contributed by atoms with E-state index < -0.39 is 0 Å². The summed E-state index contributed by atoms with van der Waals surface area (Å²) in [6.45, 7) is 11.7. The van der Waals surface area contributed by atoms with Gasteiger partial charge in [0.05, 0.1) is 11.2 Å². The molecular weight excluding hydrogens is 176 g/mol. The van der Waals surface area contributed by atoms with Crippen LogP contribution >= 0.6 is 0 Å². The average Bonchev–Trinajstić information content (AvgIpc) is 2.19. The second-order valence-corrected chi connectivity index (χ2v) is 5.18. The predicted molar refractivity (Wildman–Crippen MR) is 57.2 cm³/mol. The van der Waals surface area contributed by atoms with Gasteiger partial charge in [0, 0.05) is 12.3 Å². The maximum Gasteiger partial charge on any atom is 0.142 e. The number of rotatable bonds is 3. The SMILES string of the molecule is C=CCC(=O)C1CC(C)(C)OC1(C)C. The maximum atomic E-state index is 11.8. The number of carbonyl (C=O) groups is 1. The molecule has 1 fully saturated rings. The first kappa shape index (κ1) is 11.4. The van der Waals surface area contributed by atoms with Crippen molar-refractivity contribution in [2.24, 2.45) is 5.92 Å². The molecule has 1 atom stereocenters. The number of Topliss-reactive ketones (excluding diaryl/α,β-unsaturated/α-hetero) is 1. The third kappa shape index (κ3) is 2.24. The van der Waals surface area contributed by atoms with E-state index in [0.717, 1.165) is 6.42 Å². The molecule has 0 N–H and O–H groups in total. The van der Waals surface area contributed by atoms with Crippen LogP contribution in [-0.2, 0) is 9.53 Å². The number of carbonyl (C=O) groups excluding carboxylic acids is 1. The summed E-state index contributed by atoms with van der Waals surface area (Å²) >= 11 is 0. The third-order valence-corrected chi connectivity index (χ3v) is 2.81. The van der Waals surface area contributed by atoms with E-state index in [4.69, 9.17) is 4.74 Å². The van der Waals surface area contributed by atoms with Gasteiger partial charge in [0.25, 0.3) is 0 Å². The fourth-order valence-electron chi connectivity index (χ4n) is 2.35. The van der Waals surface area contributed by atoms with Crippen LogP contribution in [0.1, 0.15) is 40.5 Å². The molecule has 1 saturated heterocycles. The molecule has 0 aromatic heterocycles. The first-order chi connectivity index (χ1) is 6.28. The highest BCUT2D eigenvalue weighted by atomic mass is 16.5. The highest BCUT2D eigenvalue weighted by Crippen LogP contribution is 2.42. The summed E-state index contributed by atoms with van der Waals surface area (Å²) in [5.41, 5.74) is -0.505. The molecule has 0 radical (unpaired) electrons. The lowest BCUT2D eigenvalue weighted by atomic mass is 9.83. The Bertz CT molecular complexity index is 251. The van der Waals surface area contributed by atoms with Crippen LogP contribution in [0, 0.1) is 5.92 Å². The highest BCUT2D eigenvalue weighted by molar-refractivity contribution is 5.83. The minimum absolute atomic E-state index is 0.00972. The summed E-state index contributed by atoms with van der Waals surface area (Å²) in [6.07, 6.45) is 2.93. The van der Waals surface area contributed by atoms with Crippen molar-refractivity contribution < 1.29 is 9.53 Å². The Kier molecular flexibility index (Phi) is 2.86. The normalized spacial score (nSPS) is 28.7. The summed E-state index contributed by atoms with van der Waals surface area (Å²) < 4.78 is 5.86. The zero-order chi connectivity index (χ0) is 11.0. The molecule has 80 valence electrons. The van der Waals surface area contributed by atoms with Crippen LogP contribution in [0.5, 0.6) is 0 Å². The van der Waals surface area contributed by atoms with E-state index in [-0.39, 0.29) is 22.9 Å². The minimum atomic E-state index is -0.330. The number of ether oxygens (including phenoxy) is 1. The molecule has 0 aromatic rings. The predicted octanol–water partition coefficient (Wildman–Crippen LogP) is 2.73. The smallest absolute Gasteiger partial charge is 0.142 e. The van der Waals surface area contributed by atoms with Gasteiger partial charge in [0.2, 0.25) is 0 Å². The Morgan fingerprint density at radius 2 is 2.07 bits per heavy atom. The fourth-order valence-corrected chi connectivity index (χ4v) is 2.35. The maximum absolute atomic E-state index is 11.8. The van der Waals surface area contributed by atoms with Crippen LogP contribution < -0.4 is 0 Å². The van der Waals surface area contributed by atoms with Gasteiger partial charge in [-0.2, -0.15) is 0 Å². The molecule has 1 aliphatic rings. The van der Waals surface area contributed by atoms with Crippen molar-refractivity contribution in [1.29, 1.82) is 0 Å². The van der Waals surface area contributed by atoms with Gasteiger partial charge in [-0.1, -0.05) is 6.08 Å². The van der Waals surface area contributed by atoms with Crippen LogP contribution in [-0.4, -0.2) is 17.0 Å². The van der Waals surface area contributed by atoms with Gasteiger partial charge in [-0.05, 0) is 34.1 Å². The molecule has 0 spiro atoms. The largest absolute Gasteiger partial charge is 0.369 e. The van der Waals surface area contributed by atoms with E-state index in [1.165, 1.54) is 0 Å². The van der Waals surface area contributed by atoms with Crippen LogP contribution in [0.25, 0.3) is 0 Å². The summed E-state index contributed by atoms with van der Waals surface area (Å²) in [7, 11) is 0. The van der Waals surface area contributed by atoms with Crippen molar-refractivity contribution in [2.75, 3.05) is 0 Å². The van der Waals surface area contributed by atoms with Crippen molar-refractivity contribution in [3.8, 4) is 0 Å². The monoisotopic (exact) mass is 196 g/mol. The lowest BCUT2D eigenvalue weighted by molar-refractivity contribution is -0.128. The summed E-state index contributed by atoms with van der Waals surface area (Å²) in [4.78, 5) is 11.8. The van der Waals surface area contributed by atoms with Crippen molar-refractivity contribution >= 4 is 5.78 Å². The second-order valence-electron chi connectivity index (χ2n) is 5.18. The van der Waals surface area contributed by atoms with E-state index in [1.54, 1.807) is 6.08 Å². The molecule has 2 nitrogen and oxygen atoms in total. The molecule has 0 bridgehead atoms. The van der Waals surface area contributed by atoms with Crippen molar-refractivity contribution in [3.05, 3.63) is 12.7 Å². The zero-order valence-corrected chi connectivity index (χ0v) is 9.59. The molecule has 0 aromatic carbocycles. The first-order valence-electron chi connectivity index (χ1n) is 5.12. The van der Waals surface area contributed by atoms with Crippen LogP contribution in [0.3, 0.4) is 0 Å². The van der Waals surface area contributed by atoms with Gasteiger partial charge in [0.15, 0.2) is 0 Å². The van der Waals surface area contributed by atoms with E-state index in [0.29, 0.717) is 6.42 Å². The molecule has 14 heavy (non-hydrogen) atoms. The Morgan fingerprint density at radius 1 is 1.50 bits per heavy atom. The van der Waals surface area contributed by atoms with Gasteiger partial charge < -0.3 is 4.74 Å². The Balaban J connectivity index is 2.79. The zero-order valence-electron chi connectivity index (χ0n) is 9.59. The molecule has 1 heterocycles. The van der Waals surface area contributed by atoms with Crippen LogP contribution in [0.4, 0.5) is 0 Å². The lowest BCUT2D eigenvalue weighted by Gasteiger charge is -2.26. The average molecular weight is 196 g/mol. The van der Waals surface area contributed by atoms with Gasteiger partial charge in [-0.3, -0.25) is 4.79 Å². The van der Waals surface area contributed by atoms with E-state index in [1.807, 2.05) is 27.7 Å². The first-order valence-corrected chi connectivity index (χ1v) is 5.12. The molecule has 0 amide bonds. The topological polar surface area (TPSA) is 26.3 Å². The number of allylic oxidation sites excluding steroid dienone is 1. The summed E-state index contributed by atoms with van der Waals surface area (Å²) in [5, 5.41) is 0.